The number of nitrogens with one attached hydrogen (secondary N) is 1. The van der Waals surface area contributed by atoms with E-state index in [1.165, 1.54) is 24.1 Å². The molecule has 6 N–H and O–H groups in total. The summed E-state index contributed by atoms with van der Waals surface area (Å²) in [5.41, 5.74) is 11.8. The molecule has 11 heteroatoms. The van der Waals surface area contributed by atoms with Gasteiger partial charge in [0.05, 0.1) is 12.8 Å². The van der Waals surface area contributed by atoms with Crippen molar-refractivity contribution < 1.29 is 24.2 Å². The van der Waals surface area contributed by atoms with Crippen molar-refractivity contribution in [2.45, 2.75) is 26.3 Å². The Morgan fingerprint density at radius 2 is 1.86 bits per heavy atom. The summed E-state index contributed by atoms with van der Waals surface area (Å²) in [6.07, 6.45) is 0.737. The number of phenols is 1. The molecule has 36 heavy (non-hydrogen) atoms. The zero-order valence-corrected chi connectivity index (χ0v) is 21.0. The fourth-order valence-electron chi connectivity index (χ4n) is 3.57. The number of nitrogens with zero attached hydrogens (tertiary/aromatic N) is 2. The highest BCUT2D eigenvalue weighted by molar-refractivity contribution is 7.09. The number of aromatic nitrogens is 1. The second-order valence-electron chi connectivity index (χ2n) is 8.46. The molecule has 190 valence electrons. The third kappa shape index (κ3) is 5.74. The first kappa shape index (κ1) is 26.5. The molecule has 0 spiro atoms. The van der Waals surface area contributed by atoms with E-state index in [2.05, 4.69) is 9.69 Å². The van der Waals surface area contributed by atoms with Crippen molar-refractivity contribution in [3.05, 3.63) is 64.7 Å². The SMILES string of the molecule is COc1cc(C(C(=O)NCCC(C)C)N(C(=O)c2snc(C(N)=O)c2N)c2ccccc2)ccc1O. The van der Waals surface area contributed by atoms with Gasteiger partial charge in [-0.1, -0.05) is 38.1 Å². The van der Waals surface area contributed by atoms with Crippen LogP contribution in [0.15, 0.2) is 48.5 Å². The maximum absolute atomic E-state index is 13.9. The Morgan fingerprint density at radius 1 is 1.17 bits per heavy atom. The summed E-state index contributed by atoms with van der Waals surface area (Å²) < 4.78 is 9.18. The minimum atomic E-state index is -1.17. The predicted octanol–water partition coefficient (Wildman–Crippen LogP) is 3.09. The maximum Gasteiger partial charge on any atom is 0.273 e. The number of hydrogen-bond donors (Lipinski definition) is 4. The molecule has 0 aliphatic rings. The van der Waals surface area contributed by atoms with E-state index < -0.39 is 23.8 Å². The highest BCUT2D eigenvalue weighted by Crippen LogP contribution is 2.36. The molecule has 2 aromatic carbocycles. The van der Waals surface area contributed by atoms with Gasteiger partial charge in [0, 0.05) is 12.2 Å². The molecular formula is C25H29N5O5S. The summed E-state index contributed by atoms with van der Waals surface area (Å²) in [4.78, 5) is 40.5. The summed E-state index contributed by atoms with van der Waals surface area (Å²) in [6, 6.07) is 11.8. The minimum absolute atomic E-state index is 0.0293. The number of ether oxygens (including phenoxy) is 1. The van der Waals surface area contributed by atoms with E-state index >= 15 is 0 Å². The van der Waals surface area contributed by atoms with Crippen molar-refractivity contribution in [1.82, 2.24) is 9.69 Å². The van der Waals surface area contributed by atoms with Crippen LogP contribution in [0.3, 0.4) is 0 Å². The molecule has 0 aliphatic heterocycles. The highest BCUT2D eigenvalue weighted by atomic mass is 32.1. The van der Waals surface area contributed by atoms with Crippen molar-refractivity contribution in [2.24, 2.45) is 11.7 Å². The molecule has 3 amide bonds. The summed E-state index contributed by atoms with van der Waals surface area (Å²) in [5, 5.41) is 13.0. The van der Waals surface area contributed by atoms with Crippen LogP contribution >= 0.6 is 11.5 Å². The zero-order chi connectivity index (χ0) is 26.4. The topological polar surface area (TPSA) is 161 Å². The standard InChI is InChI=1S/C25H29N5O5S/c1-14(2)11-12-28-24(33)21(15-9-10-17(31)18(13-15)35-3)30(16-7-5-4-6-8-16)25(34)22-19(26)20(23(27)32)29-36-22/h4-10,13-14,21,31H,11-12,26H2,1-3H3,(H2,27,32)(H,28,33). The third-order valence-corrected chi connectivity index (χ3v) is 6.31. The summed E-state index contributed by atoms with van der Waals surface area (Å²) in [6.45, 7) is 4.47. The summed E-state index contributed by atoms with van der Waals surface area (Å²) in [7, 11) is 1.39. The molecule has 0 fully saturated rings. The van der Waals surface area contributed by atoms with Gasteiger partial charge in [-0.3, -0.25) is 19.3 Å². The number of anilines is 2. The average Bonchev–Trinajstić information content (AvgIpc) is 3.24. The molecule has 1 unspecified atom stereocenters. The lowest BCUT2D eigenvalue weighted by molar-refractivity contribution is -0.122. The molecule has 0 bridgehead atoms. The Balaban J connectivity index is 2.17. The van der Waals surface area contributed by atoms with Crippen LogP contribution in [0, 0.1) is 5.92 Å². The van der Waals surface area contributed by atoms with Crippen molar-refractivity contribution in [3.8, 4) is 11.5 Å². The number of benzene rings is 2. The number of hydrogen-bond acceptors (Lipinski definition) is 8. The van der Waals surface area contributed by atoms with Gasteiger partial charge >= 0.3 is 0 Å². The number of carbonyl (C=O) groups is 3. The number of carbonyl (C=O) groups excluding carboxylic acids is 3. The van der Waals surface area contributed by atoms with Crippen molar-refractivity contribution in [3.63, 3.8) is 0 Å². The van der Waals surface area contributed by atoms with Crippen LogP contribution < -0.4 is 26.4 Å². The number of methoxy groups -OCH3 is 1. The highest BCUT2D eigenvalue weighted by Gasteiger charge is 2.36. The second kappa shape index (κ2) is 11.5. The van der Waals surface area contributed by atoms with E-state index in [4.69, 9.17) is 16.2 Å². The molecule has 0 radical (unpaired) electrons. The molecule has 1 heterocycles. The van der Waals surface area contributed by atoms with Gasteiger partial charge < -0.3 is 26.6 Å². The van der Waals surface area contributed by atoms with Gasteiger partial charge in [-0.25, -0.2) is 0 Å². The molecule has 0 saturated heterocycles. The number of aromatic hydroxyl groups is 1. The predicted molar refractivity (Wildman–Crippen MR) is 138 cm³/mol. The van der Waals surface area contributed by atoms with Crippen LogP contribution in [0.25, 0.3) is 0 Å². The van der Waals surface area contributed by atoms with Crippen molar-refractivity contribution in [2.75, 3.05) is 24.3 Å². The number of phenolic OH excluding ortho intramolecular Hbond substituents is 1. The van der Waals surface area contributed by atoms with Gasteiger partial charge in [-0.15, -0.1) is 0 Å². The van der Waals surface area contributed by atoms with Gasteiger partial charge in [-0.05, 0) is 53.7 Å². The van der Waals surface area contributed by atoms with E-state index in [1.807, 2.05) is 13.8 Å². The fourth-order valence-corrected chi connectivity index (χ4v) is 4.32. The van der Waals surface area contributed by atoms with Gasteiger partial charge in [0.25, 0.3) is 11.8 Å². The Bertz CT molecular complexity index is 1240. The van der Waals surface area contributed by atoms with E-state index in [0.717, 1.165) is 18.0 Å². The number of primary amides is 1. The first-order valence-corrected chi connectivity index (χ1v) is 12.0. The summed E-state index contributed by atoms with van der Waals surface area (Å²) in [5.74, 6) is -1.57. The number of nitrogens with two attached hydrogens (primary N) is 2. The quantitative estimate of drug-likeness (QED) is 0.325. The molecule has 10 nitrogen and oxygen atoms in total. The van der Waals surface area contributed by atoms with Gasteiger partial charge in [0.1, 0.15) is 10.9 Å². The Hall–Kier alpha value is -4.12. The smallest absolute Gasteiger partial charge is 0.273 e. The van der Waals surface area contributed by atoms with E-state index in [1.54, 1.807) is 36.4 Å². The number of nitrogen functional groups attached to an aromatic ring is 1. The monoisotopic (exact) mass is 511 g/mol. The first-order chi connectivity index (χ1) is 17.1. The van der Waals surface area contributed by atoms with Crippen LogP contribution in [-0.4, -0.2) is 40.9 Å². The zero-order valence-electron chi connectivity index (χ0n) is 20.2. The van der Waals surface area contributed by atoms with Gasteiger partial charge in [0.2, 0.25) is 5.91 Å². The normalized spacial score (nSPS) is 11.7. The fraction of sp³-hybridized carbons (Fsp3) is 0.280. The average molecular weight is 512 g/mol. The Labute approximate surface area is 213 Å². The first-order valence-electron chi connectivity index (χ1n) is 11.2. The van der Waals surface area contributed by atoms with E-state index in [9.17, 15) is 19.5 Å². The molecule has 0 saturated carbocycles. The minimum Gasteiger partial charge on any atom is -0.504 e. The van der Waals surface area contributed by atoms with Crippen LogP contribution in [0.5, 0.6) is 11.5 Å². The lowest BCUT2D eigenvalue weighted by Crippen LogP contribution is -2.44. The number of para-hydroxylation sites is 1. The Morgan fingerprint density at radius 3 is 2.44 bits per heavy atom. The van der Waals surface area contributed by atoms with E-state index in [-0.39, 0.29) is 27.8 Å². The number of rotatable bonds is 10. The molecular weight excluding hydrogens is 482 g/mol. The van der Waals surface area contributed by atoms with Gasteiger partial charge in [0.15, 0.2) is 17.2 Å². The lowest BCUT2D eigenvalue weighted by Gasteiger charge is -2.31. The van der Waals surface area contributed by atoms with Crippen LogP contribution in [0.4, 0.5) is 11.4 Å². The largest absolute Gasteiger partial charge is 0.504 e. The second-order valence-corrected chi connectivity index (χ2v) is 9.23. The van der Waals surface area contributed by atoms with E-state index in [0.29, 0.717) is 23.7 Å². The summed E-state index contributed by atoms with van der Waals surface area (Å²) >= 11 is 0.728. The molecule has 0 aliphatic carbocycles. The maximum atomic E-state index is 13.9. The van der Waals surface area contributed by atoms with Crippen molar-refractivity contribution in [1.29, 1.82) is 0 Å². The molecule has 1 aromatic heterocycles. The van der Waals surface area contributed by atoms with Crippen molar-refractivity contribution >= 4 is 40.6 Å². The molecule has 3 aromatic rings. The van der Waals surface area contributed by atoms with Crippen LogP contribution in [0.2, 0.25) is 0 Å². The van der Waals surface area contributed by atoms with Gasteiger partial charge in [-0.2, -0.15) is 4.37 Å². The Kier molecular flexibility index (Phi) is 8.49. The third-order valence-electron chi connectivity index (χ3n) is 5.46. The number of amides is 3. The lowest BCUT2D eigenvalue weighted by atomic mass is 10.0. The van der Waals surface area contributed by atoms with Crippen LogP contribution in [0.1, 0.15) is 52.0 Å². The molecule has 1 atom stereocenters. The van der Waals surface area contributed by atoms with Crippen LogP contribution in [-0.2, 0) is 4.79 Å². The molecule has 3 rings (SSSR count).